The normalized spacial score (nSPS) is 43.9. The van der Waals surface area contributed by atoms with Gasteiger partial charge in [0.2, 0.25) is 16.3 Å². The molecule has 3 rings (SSSR count). The molecule has 0 bridgehead atoms. The number of aliphatic hydroxyl groups excluding tert-OH is 4. The van der Waals surface area contributed by atoms with Gasteiger partial charge < -0.3 is 78.5 Å². The molecule has 3 aliphatic rings. The van der Waals surface area contributed by atoms with Crippen molar-refractivity contribution in [1.82, 2.24) is 10.0 Å². The Hall–Kier alpha value is -1.11. The van der Waals surface area contributed by atoms with Crippen molar-refractivity contribution >= 4 is 10.0 Å². The van der Waals surface area contributed by atoms with Crippen LogP contribution in [0.5, 0.6) is 0 Å². The highest BCUT2D eigenvalue weighted by Crippen LogP contribution is 2.45. The van der Waals surface area contributed by atoms with Gasteiger partial charge in [-0.15, -0.1) is 0 Å². The van der Waals surface area contributed by atoms with Crippen molar-refractivity contribution in [3.63, 3.8) is 0 Å². The molecule has 19 heteroatoms. The highest BCUT2D eigenvalue weighted by Gasteiger charge is 2.70. The Kier molecular flexibility index (Phi) is 11.6. The molecule has 18 nitrogen and oxygen atoms in total. The summed E-state index contributed by atoms with van der Waals surface area (Å²) in [5.74, 6) is -0.242. The second-order valence-corrected chi connectivity index (χ2v) is 13.6. The zero-order chi connectivity index (χ0) is 32.5. The lowest BCUT2D eigenvalue weighted by Crippen LogP contribution is -2.87. The van der Waals surface area contributed by atoms with E-state index in [4.69, 9.17) is 47.6 Å². The van der Waals surface area contributed by atoms with Crippen LogP contribution in [0.1, 0.15) is 26.7 Å². The molecule has 2 heterocycles. The molecule has 43 heavy (non-hydrogen) atoms. The van der Waals surface area contributed by atoms with E-state index in [0.717, 1.165) is 6.92 Å². The minimum Gasteiger partial charge on any atom is -0.467 e. The average molecular weight is 644 g/mol. The zero-order valence-electron chi connectivity index (χ0n) is 24.6. The van der Waals surface area contributed by atoms with E-state index in [1.54, 1.807) is 6.08 Å². The van der Waals surface area contributed by atoms with Gasteiger partial charge in [-0.1, -0.05) is 0 Å². The van der Waals surface area contributed by atoms with E-state index in [0.29, 0.717) is 12.2 Å². The average Bonchev–Trinajstić information content (AvgIpc) is 2.90. The Morgan fingerprint density at radius 2 is 1.84 bits per heavy atom. The molecule has 17 N–H and O–H groups in total. The predicted octanol–water partition coefficient (Wildman–Crippen LogP) is -6.53. The summed E-state index contributed by atoms with van der Waals surface area (Å²) in [7, 11) is -2.85. The fourth-order valence-electron chi connectivity index (χ4n) is 6.03. The lowest BCUT2D eigenvalue weighted by molar-refractivity contribution is -0.366. The van der Waals surface area contributed by atoms with Crippen LogP contribution in [-0.4, -0.2) is 145 Å². The first-order chi connectivity index (χ1) is 19.9. The van der Waals surface area contributed by atoms with Gasteiger partial charge in [-0.3, -0.25) is 0 Å². The third kappa shape index (κ3) is 7.17. The monoisotopic (exact) mass is 643 g/mol. The second kappa shape index (κ2) is 13.7. The first-order valence-electron chi connectivity index (χ1n) is 14.0. The van der Waals surface area contributed by atoms with E-state index >= 15 is 0 Å². The summed E-state index contributed by atoms with van der Waals surface area (Å²) in [6.07, 6.45) is -10.6. The number of hydrogen-bond acceptors (Lipinski definition) is 17. The topological polar surface area (TPSA) is 326 Å². The summed E-state index contributed by atoms with van der Waals surface area (Å²) in [6, 6.07) is -3.02. The molecule has 0 aromatic rings. The van der Waals surface area contributed by atoms with Crippen LogP contribution in [0.2, 0.25) is 0 Å². The van der Waals surface area contributed by atoms with Crippen molar-refractivity contribution in [2.24, 2.45) is 28.7 Å². The van der Waals surface area contributed by atoms with Gasteiger partial charge in [0.1, 0.15) is 41.4 Å². The van der Waals surface area contributed by atoms with Crippen molar-refractivity contribution < 1.29 is 52.9 Å². The summed E-state index contributed by atoms with van der Waals surface area (Å²) in [5, 5.41) is 58.9. The molecule has 0 aromatic heterocycles. The van der Waals surface area contributed by atoms with Crippen LogP contribution in [0.15, 0.2) is 11.8 Å². The molecule has 1 aliphatic carbocycles. The predicted molar refractivity (Wildman–Crippen MR) is 152 cm³/mol. The summed E-state index contributed by atoms with van der Waals surface area (Å²) >= 11 is 0. The van der Waals surface area contributed by atoms with Gasteiger partial charge in [-0.25, -0.2) is 8.42 Å². The number of hydrogen-bond donors (Lipinski definition) is 12. The molecule has 1 saturated carbocycles. The van der Waals surface area contributed by atoms with Crippen LogP contribution in [-0.2, 0) is 29.0 Å². The molecule has 2 unspecified atom stereocenters. The molecule has 2 aliphatic heterocycles. The van der Waals surface area contributed by atoms with Crippen LogP contribution in [0.4, 0.5) is 0 Å². The SMILES string of the molecule is CN[C@@H]1[C@@H](O)[C@@H](O[C@]2(C(O)C(C)O)[C@@H](O)[C@H](O[C@H]3OC(CN)=CC[C@H]3N)[C@@H](N)C[C@]2(N)NS(=O)(=O)CCN)OC[C@]1(C)O. The molecular formula is C24H49N7O11S. The second-order valence-electron chi connectivity index (χ2n) is 11.7. The maximum Gasteiger partial charge on any atom is 0.215 e. The molecular weight excluding hydrogens is 594 g/mol. The molecule has 0 radical (unpaired) electrons. The van der Waals surface area contributed by atoms with Crippen LogP contribution < -0.4 is 38.7 Å². The Morgan fingerprint density at radius 1 is 1.19 bits per heavy atom. The highest BCUT2D eigenvalue weighted by molar-refractivity contribution is 7.89. The minimum atomic E-state index is -4.32. The number of rotatable bonds is 12. The lowest BCUT2D eigenvalue weighted by atomic mass is 9.66. The lowest BCUT2D eigenvalue weighted by Gasteiger charge is -2.60. The van der Waals surface area contributed by atoms with E-state index in [9.17, 15) is 34.0 Å². The Labute approximate surface area is 250 Å². The van der Waals surface area contributed by atoms with E-state index < -0.39 is 107 Å². The van der Waals surface area contributed by atoms with Crippen molar-refractivity contribution in [3.8, 4) is 0 Å². The maximum atomic E-state index is 13.0. The molecule has 0 spiro atoms. The number of aliphatic hydroxyl groups is 5. The van der Waals surface area contributed by atoms with Crippen LogP contribution >= 0.6 is 0 Å². The number of ether oxygens (including phenoxy) is 4. The zero-order valence-corrected chi connectivity index (χ0v) is 25.4. The fraction of sp³-hybridized carbons (Fsp3) is 0.917. The van der Waals surface area contributed by atoms with Gasteiger partial charge in [0.25, 0.3) is 0 Å². The van der Waals surface area contributed by atoms with Gasteiger partial charge in [0, 0.05) is 19.0 Å². The van der Waals surface area contributed by atoms with Gasteiger partial charge in [-0.2, -0.15) is 4.72 Å². The largest absolute Gasteiger partial charge is 0.467 e. The standard InChI is InChI=1S/C24H49N7O11S/c1-11(32)18(34)24(42-21-15(33)17(30-3)22(2,36)10-39-21)19(35)16(41-20-13(27)5-4-12(9-26)40-20)14(28)8-23(24,29)31-43(37,38)7-6-25/h4,11,13-21,30-36H,5-10,25-29H2,1-3H3/t11?,13-,14+,15-,16-,17-,18?,19+,20-,21-,22+,23+,24-/m1/s1. The van der Waals surface area contributed by atoms with Crippen LogP contribution in [0, 0.1) is 0 Å². The third-order valence-electron chi connectivity index (χ3n) is 8.23. The molecule has 252 valence electrons. The maximum absolute atomic E-state index is 13.0. The quantitative estimate of drug-likeness (QED) is 0.0879. The molecule has 1 saturated heterocycles. The van der Waals surface area contributed by atoms with Crippen LogP contribution in [0.25, 0.3) is 0 Å². The first kappa shape index (κ1) is 36.4. The van der Waals surface area contributed by atoms with Crippen molar-refractivity contribution in [2.75, 3.05) is 32.5 Å². The van der Waals surface area contributed by atoms with Gasteiger partial charge in [0.15, 0.2) is 11.9 Å². The van der Waals surface area contributed by atoms with E-state index in [2.05, 4.69) is 10.0 Å². The summed E-state index contributed by atoms with van der Waals surface area (Å²) in [5.41, 5.74) is 23.7. The van der Waals surface area contributed by atoms with E-state index in [1.807, 2.05) is 0 Å². The van der Waals surface area contributed by atoms with Gasteiger partial charge >= 0.3 is 0 Å². The molecule has 0 aromatic carbocycles. The number of likely N-dealkylation sites (N-methyl/N-ethyl adjacent to an activating group) is 1. The first-order valence-corrected chi connectivity index (χ1v) is 15.7. The van der Waals surface area contributed by atoms with Crippen molar-refractivity contribution in [2.45, 2.75) is 105 Å². The minimum absolute atomic E-state index is 0.0296. The molecule has 2 fully saturated rings. The summed E-state index contributed by atoms with van der Waals surface area (Å²) < 4.78 is 51.9. The highest BCUT2D eigenvalue weighted by atomic mass is 32.2. The number of sulfonamides is 1. The smallest absolute Gasteiger partial charge is 0.215 e. The van der Waals surface area contributed by atoms with Gasteiger partial charge in [-0.05, 0) is 33.4 Å². The third-order valence-corrected chi connectivity index (χ3v) is 9.68. The van der Waals surface area contributed by atoms with E-state index in [-0.39, 0.29) is 13.1 Å². The Morgan fingerprint density at radius 3 is 2.40 bits per heavy atom. The van der Waals surface area contributed by atoms with Crippen molar-refractivity contribution in [1.29, 1.82) is 0 Å². The molecule has 13 atom stereocenters. The van der Waals surface area contributed by atoms with E-state index in [1.165, 1.54) is 14.0 Å². The fourth-order valence-corrected chi connectivity index (χ4v) is 7.24. The Bertz CT molecular complexity index is 1090. The van der Waals surface area contributed by atoms with Crippen LogP contribution in [0.3, 0.4) is 0 Å². The number of nitrogens with two attached hydrogens (primary N) is 5. The van der Waals surface area contributed by atoms with Crippen molar-refractivity contribution in [3.05, 3.63) is 11.8 Å². The van der Waals surface area contributed by atoms with Gasteiger partial charge in [0.05, 0.1) is 37.1 Å². The number of nitrogens with one attached hydrogen (secondary N) is 2. The summed E-state index contributed by atoms with van der Waals surface area (Å²) in [4.78, 5) is 0. The summed E-state index contributed by atoms with van der Waals surface area (Å²) in [6.45, 7) is 1.88. The molecule has 0 amide bonds. The Balaban J connectivity index is 2.16.